The molecule has 1 saturated heterocycles. The Bertz CT molecular complexity index is 1010. The van der Waals surface area contributed by atoms with Gasteiger partial charge in [-0.2, -0.15) is 5.26 Å². The van der Waals surface area contributed by atoms with Gasteiger partial charge in [0.05, 0.1) is 6.07 Å². The summed E-state index contributed by atoms with van der Waals surface area (Å²) in [7, 11) is 0. The van der Waals surface area contributed by atoms with Crippen LogP contribution in [0.2, 0.25) is 0 Å². The summed E-state index contributed by atoms with van der Waals surface area (Å²) in [5.74, 6) is 0.953. The van der Waals surface area contributed by atoms with Gasteiger partial charge in [-0.05, 0) is 25.8 Å². The highest BCUT2D eigenvalue weighted by Crippen LogP contribution is 2.34. The number of piperidine rings is 1. The molecule has 0 atom stereocenters. The second kappa shape index (κ2) is 7.71. The Balaban J connectivity index is 1.61. The maximum absolute atomic E-state index is 13.1. The summed E-state index contributed by atoms with van der Waals surface area (Å²) in [6.45, 7) is 3.11. The highest BCUT2D eigenvalue weighted by Gasteiger charge is 2.28. The maximum Gasteiger partial charge on any atom is 0.289 e. The van der Waals surface area contributed by atoms with Gasteiger partial charge >= 0.3 is 0 Å². The number of likely N-dealkylation sites (tertiary alicyclic amines) is 1. The van der Waals surface area contributed by atoms with Crippen molar-refractivity contribution in [2.24, 2.45) is 5.92 Å². The fourth-order valence-corrected chi connectivity index (χ4v) is 5.08. The van der Waals surface area contributed by atoms with Crippen LogP contribution in [0.5, 0.6) is 0 Å². The van der Waals surface area contributed by atoms with Gasteiger partial charge in [-0.3, -0.25) is 4.79 Å². The number of benzene rings is 1. The van der Waals surface area contributed by atoms with Crippen molar-refractivity contribution >= 4 is 40.0 Å². The Morgan fingerprint density at radius 3 is 2.85 bits per heavy atom. The first-order valence-electron chi connectivity index (χ1n) is 8.78. The zero-order valence-corrected chi connectivity index (χ0v) is 16.5. The molecule has 4 rings (SSSR count). The molecule has 1 fully saturated rings. The van der Waals surface area contributed by atoms with Crippen molar-refractivity contribution in [3.05, 3.63) is 40.6 Å². The minimum Gasteiger partial charge on any atom is -0.451 e. The van der Waals surface area contributed by atoms with Crippen molar-refractivity contribution in [2.75, 3.05) is 13.1 Å². The Hall–Kier alpha value is -2.37. The standard InChI is InChI=1S/C19H18N4O2S2/c1-12-21-22-19(27-12)26-11-15-14-4-2-3-5-16(14)25-17(15)18(24)23-8-6-13(10-20)7-9-23/h2-5,13H,6-9,11H2,1H3. The van der Waals surface area contributed by atoms with Gasteiger partial charge in [0.1, 0.15) is 10.6 Å². The Morgan fingerprint density at radius 2 is 2.15 bits per heavy atom. The highest BCUT2D eigenvalue weighted by molar-refractivity contribution is 8.00. The molecule has 0 N–H and O–H groups in total. The van der Waals surface area contributed by atoms with Crippen molar-refractivity contribution in [1.29, 1.82) is 5.26 Å². The van der Waals surface area contributed by atoms with Crippen LogP contribution in [0.3, 0.4) is 0 Å². The fourth-order valence-electron chi connectivity index (χ4n) is 3.24. The predicted octanol–water partition coefficient (Wildman–Crippen LogP) is 4.26. The number of aryl methyl sites for hydroxylation is 1. The number of para-hydroxylation sites is 1. The Morgan fingerprint density at radius 1 is 1.37 bits per heavy atom. The summed E-state index contributed by atoms with van der Waals surface area (Å²) in [4.78, 5) is 14.9. The molecule has 0 saturated carbocycles. The summed E-state index contributed by atoms with van der Waals surface area (Å²) in [5, 5.41) is 19.1. The van der Waals surface area contributed by atoms with Gasteiger partial charge in [-0.1, -0.05) is 41.3 Å². The van der Waals surface area contributed by atoms with E-state index in [1.807, 2.05) is 31.2 Å². The molecule has 1 aliphatic rings. The third-order valence-electron chi connectivity index (χ3n) is 4.70. The second-order valence-corrected chi connectivity index (χ2v) is 8.88. The average molecular weight is 399 g/mol. The average Bonchev–Trinajstić information content (AvgIpc) is 3.29. The molecule has 3 heterocycles. The number of amides is 1. The van der Waals surface area contributed by atoms with Crippen molar-refractivity contribution < 1.29 is 9.21 Å². The van der Waals surface area contributed by atoms with E-state index in [9.17, 15) is 4.79 Å². The topological polar surface area (TPSA) is 83.0 Å². The zero-order valence-electron chi connectivity index (χ0n) is 14.8. The Labute approximate surface area is 165 Å². The maximum atomic E-state index is 13.1. The first-order valence-corrected chi connectivity index (χ1v) is 10.6. The van der Waals surface area contributed by atoms with Crippen LogP contribution in [0.4, 0.5) is 0 Å². The van der Waals surface area contributed by atoms with E-state index in [1.165, 1.54) is 0 Å². The minimum absolute atomic E-state index is 0.0420. The number of aromatic nitrogens is 2. The monoisotopic (exact) mass is 398 g/mol. The molecule has 2 aromatic heterocycles. The van der Waals surface area contributed by atoms with Crippen LogP contribution in [0.15, 0.2) is 33.0 Å². The van der Waals surface area contributed by atoms with Gasteiger partial charge in [0.25, 0.3) is 5.91 Å². The van der Waals surface area contributed by atoms with Crippen LogP contribution in [0.1, 0.15) is 34.0 Å². The van der Waals surface area contributed by atoms with Gasteiger partial charge < -0.3 is 9.32 Å². The number of hydrogen-bond donors (Lipinski definition) is 0. The fraction of sp³-hybridized carbons (Fsp3) is 0.368. The van der Waals surface area contributed by atoms with E-state index in [2.05, 4.69) is 16.3 Å². The van der Waals surface area contributed by atoms with Crippen LogP contribution >= 0.6 is 23.1 Å². The summed E-state index contributed by atoms with van der Waals surface area (Å²) in [5.41, 5.74) is 1.62. The van der Waals surface area contributed by atoms with Crippen molar-refractivity contribution in [3.63, 3.8) is 0 Å². The van der Waals surface area contributed by atoms with Crippen LogP contribution in [-0.2, 0) is 5.75 Å². The van der Waals surface area contributed by atoms with Crippen LogP contribution < -0.4 is 0 Å². The van der Waals surface area contributed by atoms with Crippen LogP contribution in [-0.4, -0.2) is 34.1 Å². The highest BCUT2D eigenvalue weighted by atomic mass is 32.2. The first kappa shape index (κ1) is 18.0. The number of nitriles is 1. The van der Waals surface area contributed by atoms with Gasteiger partial charge in [-0.25, -0.2) is 0 Å². The number of fused-ring (bicyclic) bond motifs is 1. The van der Waals surface area contributed by atoms with Crippen molar-refractivity contribution in [1.82, 2.24) is 15.1 Å². The summed E-state index contributed by atoms with van der Waals surface area (Å²) < 4.78 is 6.84. The molecule has 0 radical (unpaired) electrons. The summed E-state index contributed by atoms with van der Waals surface area (Å²) in [6.07, 6.45) is 1.44. The lowest BCUT2D eigenvalue weighted by molar-refractivity contribution is 0.0676. The lowest BCUT2D eigenvalue weighted by Gasteiger charge is -2.28. The number of furan rings is 1. The quantitative estimate of drug-likeness (QED) is 0.611. The zero-order chi connectivity index (χ0) is 18.8. The van der Waals surface area contributed by atoms with E-state index >= 15 is 0 Å². The number of nitrogens with zero attached hydrogens (tertiary/aromatic N) is 4. The van der Waals surface area contributed by atoms with E-state index in [0.29, 0.717) is 24.6 Å². The van der Waals surface area contributed by atoms with Crippen LogP contribution in [0.25, 0.3) is 11.0 Å². The van der Waals surface area contributed by atoms with Crippen LogP contribution in [0, 0.1) is 24.2 Å². The minimum atomic E-state index is -0.0911. The number of rotatable bonds is 4. The third kappa shape index (κ3) is 3.70. The molecule has 0 bridgehead atoms. The molecule has 0 spiro atoms. The molecule has 0 aliphatic carbocycles. The van der Waals surface area contributed by atoms with Gasteiger partial charge in [-0.15, -0.1) is 10.2 Å². The Kier molecular flexibility index (Phi) is 5.14. The summed E-state index contributed by atoms with van der Waals surface area (Å²) >= 11 is 3.11. The van der Waals surface area contributed by atoms with E-state index < -0.39 is 0 Å². The number of hydrogen-bond acceptors (Lipinski definition) is 7. The van der Waals surface area contributed by atoms with Gasteiger partial charge in [0.15, 0.2) is 10.1 Å². The van der Waals surface area contributed by atoms with Crippen molar-refractivity contribution in [3.8, 4) is 6.07 Å². The van der Waals surface area contributed by atoms with Gasteiger partial charge in [0, 0.05) is 35.7 Å². The summed E-state index contributed by atoms with van der Waals surface area (Å²) in [6, 6.07) is 10.0. The first-order chi connectivity index (χ1) is 13.2. The molecule has 3 aromatic rings. The lowest BCUT2D eigenvalue weighted by atomic mass is 9.98. The molecule has 138 valence electrons. The lowest BCUT2D eigenvalue weighted by Crippen LogP contribution is -2.38. The molecule has 8 heteroatoms. The van der Waals surface area contributed by atoms with E-state index in [4.69, 9.17) is 9.68 Å². The molecule has 1 aromatic carbocycles. The number of thioether (sulfide) groups is 1. The molecule has 1 amide bonds. The third-order valence-corrected chi connectivity index (χ3v) is 6.70. The second-order valence-electron chi connectivity index (χ2n) is 6.48. The number of carbonyl (C=O) groups excluding carboxylic acids is 1. The molecular weight excluding hydrogens is 380 g/mol. The largest absolute Gasteiger partial charge is 0.451 e. The van der Waals surface area contributed by atoms with E-state index in [0.717, 1.165) is 38.7 Å². The molecule has 6 nitrogen and oxygen atoms in total. The van der Waals surface area contributed by atoms with E-state index in [1.54, 1.807) is 28.0 Å². The number of carbonyl (C=O) groups is 1. The molecule has 27 heavy (non-hydrogen) atoms. The normalized spacial score (nSPS) is 15.2. The van der Waals surface area contributed by atoms with Crippen molar-refractivity contribution in [2.45, 2.75) is 29.9 Å². The molecule has 1 aliphatic heterocycles. The smallest absolute Gasteiger partial charge is 0.289 e. The van der Waals surface area contributed by atoms with Gasteiger partial charge in [0.2, 0.25) is 0 Å². The predicted molar refractivity (Wildman–Crippen MR) is 105 cm³/mol. The van der Waals surface area contributed by atoms with E-state index in [-0.39, 0.29) is 11.8 Å². The SMILES string of the molecule is Cc1nnc(SCc2c(C(=O)N3CCC(C#N)CC3)oc3ccccc23)s1. The molecule has 0 unspecified atom stereocenters. The molecular formula is C19H18N4O2S2.